The quantitative estimate of drug-likeness (QED) is 0.614. The number of hydrogen-bond acceptors (Lipinski definition) is 3. The zero-order valence-electron chi connectivity index (χ0n) is 11.5. The molecule has 0 saturated carbocycles. The summed E-state index contributed by atoms with van der Waals surface area (Å²) in [5.41, 5.74) is 0. The highest BCUT2D eigenvalue weighted by Gasteiger charge is 2.15. The standard InChI is InChI=1S/C13H25NO3/c1-5-11(4)10-14(6-2)12(15)8-9-13(16)17-7-3/h11H,5-10H2,1-4H3. The second kappa shape index (κ2) is 9.02. The molecule has 4 nitrogen and oxygen atoms in total. The van der Waals surface area contributed by atoms with Crippen molar-refractivity contribution in [3.63, 3.8) is 0 Å². The molecule has 0 bridgehead atoms. The van der Waals surface area contributed by atoms with Crippen LogP contribution in [0.25, 0.3) is 0 Å². The molecular formula is C13H25NO3. The van der Waals surface area contributed by atoms with Gasteiger partial charge in [-0.25, -0.2) is 0 Å². The molecule has 0 rings (SSSR count). The van der Waals surface area contributed by atoms with Crippen LogP contribution in [-0.2, 0) is 14.3 Å². The minimum Gasteiger partial charge on any atom is -0.466 e. The summed E-state index contributed by atoms with van der Waals surface area (Å²) in [6.07, 6.45) is 1.49. The summed E-state index contributed by atoms with van der Waals surface area (Å²) in [5.74, 6) is 0.253. The Morgan fingerprint density at radius 3 is 2.29 bits per heavy atom. The molecule has 1 amide bonds. The Kier molecular flexibility index (Phi) is 8.46. The van der Waals surface area contributed by atoms with Crippen LogP contribution in [0.5, 0.6) is 0 Å². The average Bonchev–Trinajstić information content (AvgIpc) is 2.32. The van der Waals surface area contributed by atoms with Crippen molar-refractivity contribution < 1.29 is 14.3 Å². The van der Waals surface area contributed by atoms with Crippen LogP contribution in [0.1, 0.15) is 47.0 Å². The zero-order chi connectivity index (χ0) is 13.3. The number of ether oxygens (including phenoxy) is 1. The molecular weight excluding hydrogens is 218 g/mol. The zero-order valence-corrected chi connectivity index (χ0v) is 11.5. The van der Waals surface area contributed by atoms with Crippen LogP contribution in [0.4, 0.5) is 0 Å². The van der Waals surface area contributed by atoms with Gasteiger partial charge in [-0.05, 0) is 19.8 Å². The lowest BCUT2D eigenvalue weighted by Crippen LogP contribution is -2.34. The van der Waals surface area contributed by atoms with E-state index in [2.05, 4.69) is 13.8 Å². The Morgan fingerprint density at radius 2 is 1.82 bits per heavy atom. The molecule has 0 N–H and O–H groups in total. The monoisotopic (exact) mass is 243 g/mol. The Hall–Kier alpha value is -1.06. The number of amides is 1. The molecule has 17 heavy (non-hydrogen) atoms. The molecule has 0 heterocycles. The molecule has 0 radical (unpaired) electrons. The fourth-order valence-corrected chi connectivity index (χ4v) is 1.51. The summed E-state index contributed by atoms with van der Waals surface area (Å²) >= 11 is 0. The summed E-state index contributed by atoms with van der Waals surface area (Å²) in [4.78, 5) is 24.8. The molecule has 0 aliphatic heterocycles. The number of nitrogens with zero attached hydrogens (tertiary/aromatic N) is 1. The van der Waals surface area contributed by atoms with Crippen molar-refractivity contribution in [3.8, 4) is 0 Å². The van der Waals surface area contributed by atoms with Crippen LogP contribution < -0.4 is 0 Å². The first-order valence-corrected chi connectivity index (χ1v) is 6.48. The maximum absolute atomic E-state index is 11.9. The van der Waals surface area contributed by atoms with Crippen LogP contribution in [0.2, 0.25) is 0 Å². The van der Waals surface area contributed by atoms with E-state index < -0.39 is 0 Å². The van der Waals surface area contributed by atoms with E-state index in [0.29, 0.717) is 19.1 Å². The van der Waals surface area contributed by atoms with E-state index in [9.17, 15) is 9.59 Å². The van der Waals surface area contributed by atoms with E-state index in [-0.39, 0.29) is 24.7 Å². The molecule has 1 atom stereocenters. The van der Waals surface area contributed by atoms with Gasteiger partial charge in [0.15, 0.2) is 0 Å². The Labute approximate surface area is 104 Å². The lowest BCUT2D eigenvalue weighted by Gasteiger charge is -2.24. The number of carbonyl (C=O) groups excluding carboxylic acids is 2. The van der Waals surface area contributed by atoms with Crippen LogP contribution in [0.15, 0.2) is 0 Å². The van der Waals surface area contributed by atoms with Crippen molar-refractivity contribution in [1.29, 1.82) is 0 Å². The largest absolute Gasteiger partial charge is 0.466 e. The lowest BCUT2D eigenvalue weighted by atomic mass is 10.1. The van der Waals surface area contributed by atoms with Crippen molar-refractivity contribution in [2.24, 2.45) is 5.92 Å². The smallest absolute Gasteiger partial charge is 0.306 e. The van der Waals surface area contributed by atoms with Gasteiger partial charge in [-0.2, -0.15) is 0 Å². The predicted octanol–water partition coefficient (Wildman–Crippen LogP) is 2.22. The molecule has 0 fully saturated rings. The van der Waals surface area contributed by atoms with Crippen LogP contribution in [0.3, 0.4) is 0 Å². The van der Waals surface area contributed by atoms with Gasteiger partial charge in [-0.3, -0.25) is 9.59 Å². The van der Waals surface area contributed by atoms with E-state index in [1.165, 1.54) is 0 Å². The molecule has 0 aliphatic carbocycles. The maximum Gasteiger partial charge on any atom is 0.306 e. The fourth-order valence-electron chi connectivity index (χ4n) is 1.51. The van der Waals surface area contributed by atoms with E-state index in [0.717, 1.165) is 13.0 Å². The van der Waals surface area contributed by atoms with Crippen molar-refractivity contribution in [2.75, 3.05) is 19.7 Å². The highest BCUT2D eigenvalue weighted by Crippen LogP contribution is 2.07. The van der Waals surface area contributed by atoms with Gasteiger partial charge >= 0.3 is 5.97 Å². The first kappa shape index (κ1) is 15.9. The summed E-state index contributed by atoms with van der Waals surface area (Å²) in [5, 5.41) is 0. The topological polar surface area (TPSA) is 46.6 Å². The van der Waals surface area contributed by atoms with Gasteiger partial charge in [-0.1, -0.05) is 20.3 Å². The van der Waals surface area contributed by atoms with Crippen LogP contribution in [0, 0.1) is 5.92 Å². The molecule has 0 aliphatic rings. The van der Waals surface area contributed by atoms with Gasteiger partial charge in [0.25, 0.3) is 0 Å². The highest BCUT2D eigenvalue weighted by atomic mass is 16.5. The SMILES string of the molecule is CCOC(=O)CCC(=O)N(CC)CC(C)CC. The molecule has 1 unspecified atom stereocenters. The summed E-state index contributed by atoms with van der Waals surface area (Å²) in [7, 11) is 0. The van der Waals surface area contributed by atoms with Crippen LogP contribution in [-0.4, -0.2) is 36.5 Å². The molecule has 100 valence electrons. The van der Waals surface area contributed by atoms with Crippen LogP contribution >= 0.6 is 0 Å². The Balaban J connectivity index is 4.04. The molecule has 0 spiro atoms. The predicted molar refractivity (Wildman–Crippen MR) is 67.6 cm³/mol. The molecule has 0 aromatic carbocycles. The third-order valence-corrected chi connectivity index (χ3v) is 2.81. The average molecular weight is 243 g/mol. The second-order valence-corrected chi connectivity index (χ2v) is 4.25. The number of esters is 1. The molecule has 0 aromatic rings. The van der Waals surface area contributed by atoms with E-state index in [1.807, 2.05) is 11.8 Å². The third-order valence-electron chi connectivity index (χ3n) is 2.81. The van der Waals surface area contributed by atoms with Gasteiger partial charge in [0, 0.05) is 19.5 Å². The van der Waals surface area contributed by atoms with Gasteiger partial charge in [-0.15, -0.1) is 0 Å². The van der Waals surface area contributed by atoms with Crippen molar-refractivity contribution in [3.05, 3.63) is 0 Å². The normalized spacial score (nSPS) is 12.0. The summed E-state index contributed by atoms with van der Waals surface area (Å²) in [6.45, 7) is 9.81. The second-order valence-electron chi connectivity index (χ2n) is 4.25. The maximum atomic E-state index is 11.9. The highest BCUT2D eigenvalue weighted by molar-refractivity contribution is 5.81. The lowest BCUT2D eigenvalue weighted by molar-refractivity contribution is -0.145. The van der Waals surface area contributed by atoms with E-state index >= 15 is 0 Å². The van der Waals surface area contributed by atoms with Crippen molar-refractivity contribution in [1.82, 2.24) is 4.90 Å². The first-order valence-electron chi connectivity index (χ1n) is 6.48. The minimum absolute atomic E-state index is 0.0425. The number of rotatable bonds is 8. The summed E-state index contributed by atoms with van der Waals surface area (Å²) in [6, 6.07) is 0. The molecule has 0 aromatic heterocycles. The molecule has 0 saturated heterocycles. The van der Waals surface area contributed by atoms with Gasteiger partial charge in [0.1, 0.15) is 0 Å². The van der Waals surface area contributed by atoms with Gasteiger partial charge < -0.3 is 9.64 Å². The third kappa shape index (κ3) is 6.97. The van der Waals surface area contributed by atoms with Crippen molar-refractivity contribution in [2.45, 2.75) is 47.0 Å². The van der Waals surface area contributed by atoms with E-state index in [4.69, 9.17) is 4.74 Å². The van der Waals surface area contributed by atoms with Gasteiger partial charge in [0.05, 0.1) is 13.0 Å². The number of hydrogen-bond donors (Lipinski definition) is 0. The molecule has 4 heteroatoms. The van der Waals surface area contributed by atoms with Gasteiger partial charge in [0.2, 0.25) is 5.91 Å². The van der Waals surface area contributed by atoms with E-state index in [1.54, 1.807) is 6.92 Å². The van der Waals surface area contributed by atoms with Crippen molar-refractivity contribution >= 4 is 11.9 Å². The fraction of sp³-hybridized carbons (Fsp3) is 0.846. The Morgan fingerprint density at radius 1 is 1.18 bits per heavy atom. The summed E-state index contributed by atoms with van der Waals surface area (Å²) < 4.78 is 4.80. The first-order chi connectivity index (χ1) is 8.04. The number of carbonyl (C=O) groups is 2. The Bertz CT molecular complexity index is 241. The minimum atomic E-state index is -0.291.